The maximum absolute atomic E-state index is 12.9. The number of sulfone groups is 2. The predicted molar refractivity (Wildman–Crippen MR) is 121 cm³/mol. The Morgan fingerprint density at radius 1 is 0.784 bits per heavy atom. The molecule has 2 aromatic heterocycles. The number of aromatic nitrogens is 4. The standard InChI is InChI=1S/C21H22N5O9S2/c1-25-20(36(28,29)16-8-4-2-5-9-16)18(23-34-25)32-14-12-22-13-15-33-19-21(26(27)35-24-19)37(30,31)17-10-6-3-7-11-17/h2-11,22H,12-15H2,1H3/q+1. The van der Waals surface area contributed by atoms with Crippen molar-refractivity contribution in [1.82, 2.24) is 15.6 Å². The average molecular weight is 553 g/mol. The highest BCUT2D eigenvalue weighted by Crippen LogP contribution is 2.25. The van der Waals surface area contributed by atoms with Gasteiger partial charge in [-0.2, -0.15) is 0 Å². The van der Waals surface area contributed by atoms with Crippen LogP contribution in [0.1, 0.15) is 0 Å². The quantitative estimate of drug-likeness (QED) is 0.139. The van der Waals surface area contributed by atoms with Crippen LogP contribution in [-0.4, -0.2) is 53.5 Å². The lowest BCUT2D eigenvalue weighted by Crippen LogP contribution is -2.33. The monoisotopic (exact) mass is 552 g/mol. The highest BCUT2D eigenvalue weighted by atomic mass is 32.2. The third-order valence-electron chi connectivity index (χ3n) is 4.91. The predicted octanol–water partition coefficient (Wildman–Crippen LogP) is -0.166. The second kappa shape index (κ2) is 10.9. The topological polar surface area (TPSA) is 182 Å². The first-order valence-corrected chi connectivity index (χ1v) is 13.7. The molecular formula is C21H22N5O9S2+. The molecule has 0 bridgehead atoms. The van der Waals surface area contributed by atoms with E-state index in [2.05, 4.69) is 20.3 Å². The highest BCUT2D eigenvalue weighted by molar-refractivity contribution is 7.91. The fraction of sp³-hybridized carbons (Fsp3) is 0.238. The molecule has 16 heteroatoms. The zero-order valence-electron chi connectivity index (χ0n) is 19.4. The number of hydrogen-bond donors (Lipinski definition) is 1. The molecule has 2 heterocycles. The van der Waals surface area contributed by atoms with Gasteiger partial charge in [0.2, 0.25) is 5.16 Å². The summed E-state index contributed by atoms with van der Waals surface area (Å²) in [5.41, 5.74) is 0. The van der Waals surface area contributed by atoms with E-state index in [4.69, 9.17) is 14.1 Å². The molecule has 0 amide bonds. The molecule has 2 aromatic carbocycles. The smallest absolute Gasteiger partial charge is 0.440 e. The van der Waals surface area contributed by atoms with Crippen LogP contribution in [0.4, 0.5) is 0 Å². The largest absolute Gasteiger partial charge is 0.453 e. The first-order valence-electron chi connectivity index (χ1n) is 10.8. The Hall–Kier alpha value is -4.02. The van der Waals surface area contributed by atoms with Crippen LogP contribution in [0.15, 0.2) is 89.8 Å². The first-order chi connectivity index (χ1) is 17.7. The van der Waals surface area contributed by atoms with E-state index in [-0.39, 0.29) is 51.9 Å². The van der Waals surface area contributed by atoms with E-state index in [1.165, 1.54) is 43.4 Å². The summed E-state index contributed by atoms with van der Waals surface area (Å²) in [4.78, 5) is -0.273. The lowest BCUT2D eigenvalue weighted by atomic mass is 10.4. The molecule has 14 nitrogen and oxygen atoms in total. The molecule has 0 unspecified atom stereocenters. The van der Waals surface area contributed by atoms with Gasteiger partial charge < -0.3 is 20.0 Å². The summed E-state index contributed by atoms with van der Waals surface area (Å²) in [6, 6.07) is 15.1. The number of aryl methyl sites for hydroxylation is 1. The molecule has 4 rings (SSSR count). The van der Waals surface area contributed by atoms with Crippen molar-refractivity contribution >= 4 is 19.7 Å². The van der Waals surface area contributed by atoms with E-state index in [9.17, 15) is 22.0 Å². The fourth-order valence-corrected chi connectivity index (χ4v) is 5.93. The maximum Gasteiger partial charge on any atom is 0.440 e. The normalized spacial score (nSPS) is 11.9. The van der Waals surface area contributed by atoms with Gasteiger partial charge in [0.05, 0.1) is 14.9 Å². The summed E-state index contributed by atoms with van der Waals surface area (Å²) in [5, 5.41) is 20.9. The van der Waals surface area contributed by atoms with Crippen molar-refractivity contribution in [2.45, 2.75) is 19.8 Å². The first kappa shape index (κ1) is 26.1. The molecule has 0 radical (unpaired) electrons. The van der Waals surface area contributed by atoms with Crippen molar-refractivity contribution in [1.29, 1.82) is 0 Å². The Bertz CT molecular complexity index is 1440. The van der Waals surface area contributed by atoms with Gasteiger partial charge in [0.25, 0.3) is 19.7 Å². The van der Waals surface area contributed by atoms with Crippen molar-refractivity contribution < 1.29 is 45.2 Å². The lowest BCUT2D eigenvalue weighted by molar-refractivity contribution is -0.882. The molecule has 0 aliphatic heterocycles. The van der Waals surface area contributed by atoms with Gasteiger partial charge in [-0.15, -0.1) is 0 Å². The molecule has 196 valence electrons. The van der Waals surface area contributed by atoms with Crippen molar-refractivity contribution in [3.8, 4) is 11.8 Å². The molecule has 37 heavy (non-hydrogen) atoms. The molecule has 0 atom stereocenters. The summed E-state index contributed by atoms with van der Waals surface area (Å²) < 4.78 is 72.5. The number of nitrogens with one attached hydrogen (secondary N) is 1. The van der Waals surface area contributed by atoms with E-state index in [1.807, 2.05) is 0 Å². The van der Waals surface area contributed by atoms with Gasteiger partial charge in [-0.05, 0) is 33.9 Å². The zero-order valence-corrected chi connectivity index (χ0v) is 21.0. The average Bonchev–Trinajstić information content (AvgIpc) is 3.47. The summed E-state index contributed by atoms with van der Waals surface area (Å²) in [7, 11) is -6.74. The molecule has 0 saturated heterocycles. The summed E-state index contributed by atoms with van der Waals surface area (Å²) in [6.07, 6.45) is 0. The van der Waals surface area contributed by atoms with Crippen molar-refractivity contribution in [2.24, 2.45) is 7.05 Å². The van der Waals surface area contributed by atoms with Gasteiger partial charge in [-0.25, -0.2) is 16.8 Å². The van der Waals surface area contributed by atoms with Crippen molar-refractivity contribution in [2.75, 3.05) is 26.3 Å². The van der Waals surface area contributed by atoms with Crippen LogP contribution >= 0.6 is 0 Å². The molecule has 0 fully saturated rings. The number of ether oxygens (including phenoxy) is 2. The minimum atomic E-state index is -4.21. The van der Waals surface area contributed by atoms with Gasteiger partial charge >= 0.3 is 21.8 Å². The molecule has 0 spiro atoms. The van der Waals surface area contributed by atoms with Crippen LogP contribution in [0.5, 0.6) is 11.8 Å². The van der Waals surface area contributed by atoms with Gasteiger partial charge in [0.15, 0.2) is 0 Å². The molecule has 0 saturated carbocycles. The van der Waals surface area contributed by atoms with Crippen LogP contribution in [-0.2, 0) is 26.7 Å². The SMILES string of the molecule is C[n+]1onc(OCCNCCOc2no[n+]([O-])c2S(=O)(=O)c2ccccc2)c1S(=O)(=O)c1ccccc1. The van der Waals surface area contributed by atoms with Gasteiger partial charge in [-0.1, -0.05) is 41.0 Å². The van der Waals surface area contributed by atoms with E-state index in [1.54, 1.807) is 24.3 Å². The van der Waals surface area contributed by atoms with Gasteiger partial charge in [-0.3, -0.25) is 4.63 Å². The second-order valence-corrected chi connectivity index (χ2v) is 11.1. The lowest BCUT2D eigenvalue weighted by Gasteiger charge is -2.05. The van der Waals surface area contributed by atoms with E-state index in [0.29, 0.717) is 0 Å². The van der Waals surface area contributed by atoms with Gasteiger partial charge in [0.1, 0.15) is 20.3 Å². The zero-order chi connectivity index (χ0) is 26.5. The van der Waals surface area contributed by atoms with E-state index < -0.39 is 30.6 Å². The Balaban J connectivity index is 1.29. The Morgan fingerprint density at radius 2 is 1.24 bits per heavy atom. The Morgan fingerprint density at radius 3 is 1.78 bits per heavy atom. The minimum Gasteiger partial charge on any atom is -0.453 e. The minimum absolute atomic E-state index is 0.0298. The molecule has 0 aliphatic rings. The maximum atomic E-state index is 12.9. The molecule has 4 aromatic rings. The highest BCUT2D eigenvalue weighted by Gasteiger charge is 2.38. The van der Waals surface area contributed by atoms with Crippen LogP contribution in [0.2, 0.25) is 0 Å². The van der Waals surface area contributed by atoms with Crippen LogP contribution in [0.25, 0.3) is 0 Å². The molecular weight excluding hydrogens is 530 g/mol. The number of hydrogen-bond acceptors (Lipinski definition) is 12. The number of rotatable bonds is 12. The number of benzene rings is 2. The summed E-state index contributed by atoms with van der Waals surface area (Å²) in [5.74, 6) is -0.662. The van der Waals surface area contributed by atoms with Crippen LogP contribution in [0.3, 0.4) is 0 Å². The van der Waals surface area contributed by atoms with Crippen LogP contribution < -0.4 is 24.4 Å². The Kier molecular flexibility index (Phi) is 7.70. The van der Waals surface area contributed by atoms with Crippen LogP contribution in [0, 0.1) is 5.21 Å². The van der Waals surface area contributed by atoms with Crippen molar-refractivity contribution in [3.05, 3.63) is 65.9 Å². The van der Waals surface area contributed by atoms with Gasteiger partial charge in [0, 0.05) is 13.1 Å². The fourth-order valence-electron chi connectivity index (χ4n) is 3.20. The third-order valence-corrected chi connectivity index (χ3v) is 8.47. The van der Waals surface area contributed by atoms with E-state index >= 15 is 0 Å². The number of nitrogens with zero attached hydrogens (tertiary/aromatic N) is 4. The molecule has 1 N–H and O–H groups in total. The second-order valence-electron chi connectivity index (χ2n) is 7.40. The third kappa shape index (κ3) is 5.55. The van der Waals surface area contributed by atoms with Crippen molar-refractivity contribution in [3.63, 3.8) is 0 Å². The van der Waals surface area contributed by atoms with E-state index in [0.717, 1.165) is 4.74 Å². The summed E-state index contributed by atoms with van der Waals surface area (Å²) >= 11 is 0. The summed E-state index contributed by atoms with van der Waals surface area (Å²) in [6.45, 7) is 0.431. The molecule has 0 aliphatic carbocycles. The Labute approximate surface area is 211 Å².